The van der Waals surface area contributed by atoms with Gasteiger partial charge in [-0.3, -0.25) is 14.5 Å². The van der Waals surface area contributed by atoms with E-state index < -0.39 is 35.9 Å². The van der Waals surface area contributed by atoms with Crippen LogP contribution in [0.4, 0.5) is 20.2 Å². The second-order valence-corrected chi connectivity index (χ2v) is 7.42. The molecule has 2 aromatic carbocycles. The Hall–Kier alpha value is -4.14. The SMILES string of the molecule is CCOC(=O)CC(=O)N(c1ccc(F)cc1)c1cc(Cc2ccc(C(=O)OCC)nc2)ccc1F. The summed E-state index contributed by atoms with van der Waals surface area (Å²) < 4.78 is 38.2. The lowest BCUT2D eigenvalue weighted by atomic mass is 10.0. The minimum Gasteiger partial charge on any atom is -0.466 e. The lowest BCUT2D eigenvalue weighted by Crippen LogP contribution is -2.29. The number of anilines is 2. The van der Waals surface area contributed by atoms with Gasteiger partial charge in [-0.15, -0.1) is 0 Å². The van der Waals surface area contributed by atoms with Crippen molar-refractivity contribution in [3.05, 3.63) is 89.2 Å². The molecule has 1 aromatic heterocycles. The van der Waals surface area contributed by atoms with Crippen molar-refractivity contribution >= 4 is 29.2 Å². The average molecular weight is 482 g/mol. The normalized spacial score (nSPS) is 10.5. The molecule has 0 aliphatic carbocycles. The van der Waals surface area contributed by atoms with E-state index in [1.54, 1.807) is 26.0 Å². The number of carbonyl (C=O) groups is 3. The van der Waals surface area contributed by atoms with Crippen LogP contribution < -0.4 is 4.90 Å². The van der Waals surface area contributed by atoms with E-state index in [2.05, 4.69) is 4.98 Å². The monoisotopic (exact) mass is 482 g/mol. The maximum absolute atomic E-state index is 14.9. The van der Waals surface area contributed by atoms with E-state index in [0.717, 1.165) is 22.6 Å². The van der Waals surface area contributed by atoms with Crippen LogP contribution in [-0.2, 0) is 25.5 Å². The first-order chi connectivity index (χ1) is 16.8. The third kappa shape index (κ3) is 6.69. The van der Waals surface area contributed by atoms with Crippen LogP contribution >= 0.6 is 0 Å². The Balaban J connectivity index is 1.92. The molecule has 0 unspecified atom stereocenters. The van der Waals surface area contributed by atoms with Gasteiger partial charge in [0.15, 0.2) is 0 Å². The molecule has 0 saturated carbocycles. The molecule has 0 saturated heterocycles. The third-order valence-corrected chi connectivity index (χ3v) is 4.90. The predicted octanol–water partition coefficient (Wildman–Crippen LogP) is 4.75. The number of esters is 2. The van der Waals surface area contributed by atoms with Crippen molar-refractivity contribution in [2.75, 3.05) is 18.1 Å². The van der Waals surface area contributed by atoms with Gasteiger partial charge in [-0.1, -0.05) is 12.1 Å². The Morgan fingerprint density at radius 3 is 2.20 bits per heavy atom. The van der Waals surface area contributed by atoms with Gasteiger partial charge in [0.1, 0.15) is 23.7 Å². The number of amides is 1. The fourth-order valence-electron chi connectivity index (χ4n) is 3.35. The summed E-state index contributed by atoms with van der Waals surface area (Å²) in [5.41, 5.74) is 1.64. The number of benzene rings is 2. The standard InChI is InChI=1S/C26H24F2N2O5/c1-3-34-25(32)15-24(31)30(20-9-7-19(27)8-10-20)23-14-17(5-11-21(23)28)13-18-6-12-22(29-16-18)26(33)35-4-2/h5-12,14,16H,3-4,13,15H2,1-2H3. The van der Waals surface area contributed by atoms with Gasteiger partial charge < -0.3 is 9.47 Å². The molecule has 35 heavy (non-hydrogen) atoms. The highest BCUT2D eigenvalue weighted by Gasteiger charge is 2.24. The van der Waals surface area contributed by atoms with E-state index in [1.165, 1.54) is 36.5 Å². The second-order valence-electron chi connectivity index (χ2n) is 7.42. The highest BCUT2D eigenvalue weighted by molar-refractivity contribution is 6.08. The van der Waals surface area contributed by atoms with E-state index in [-0.39, 0.29) is 30.3 Å². The average Bonchev–Trinajstić information content (AvgIpc) is 2.83. The smallest absolute Gasteiger partial charge is 0.356 e. The van der Waals surface area contributed by atoms with Gasteiger partial charge in [-0.25, -0.2) is 18.6 Å². The number of nitrogens with zero attached hydrogens (tertiary/aromatic N) is 2. The number of carbonyl (C=O) groups excluding carboxylic acids is 3. The zero-order chi connectivity index (χ0) is 25.4. The van der Waals surface area contributed by atoms with Crippen LogP contribution in [0.1, 0.15) is 41.9 Å². The van der Waals surface area contributed by atoms with Gasteiger partial charge in [0, 0.05) is 11.9 Å². The van der Waals surface area contributed by atoms with Crippen molar-refractivity contribution in [2.24, 2.45) is 0 Å². The number of pyridine rings is 1. The molecule has 1 amide bonds. The summed E-state index contributed by atoms with van der Waals surface area (Å²) in [7, 11) is 0. The van der Waals surface area contributed by atoms with Gasteiger partial charge >= 0.3 is 11.9 Å². The molecule has 0 bridgehead atoms. The number of rotatable bonds is 9. The summed E-state index contributed by atoms with van der Waals surface area (Å²) in [6.45, 7) is 3.64. The summed E-state index contributed by atoms with van der Waals surface area (Å²) in [6.07, 6.45) is 1.22. The van der Waals surface area contributed by atoms with E-state index in [1.807, 2.05) is 0 Å². The molecule has 0 fully saturated rings. The molecule has 7 nitrogen and oxygen atoms in total. The van der Waals surface area contributed by atoms with Crippen LogP contribution in [0.5, 0.6) is 0 Å². The highest BCUT2D eigenvalue weighted by atomic mass is 19.1. The van der Waals surface area contributed by atoms with E-state index >= 15 is 0 Å². The van der Waals surface area contributed by atoms with Gasteiger partial charge in [0.05, 0.1) is 18.9 Å². The molecule has 3 rings (SSSR count). The zero-order valence-electron chi connectivity index (χ0n) is 19.3. The molecule has 0 N–H and O–H groups in total. The summed E-state index contributed by atoms with van der Waals surface area (Å²) in [6, 6.07) is 12.4. The van der Waals surface area contributed by atoms with Gasteiger partial charge in [-0.2, -0.15) is 0 Å². The van der Waals surface area contributed by atoms with Crippen molar-refractivity contribution in [1.82, 2.24) is 4.98 Å². The first kappa shape index (κ1) is 25.5. The summed E-state index contributed by atoms with van der Waals surface area (Å²) in [5, 5.41) is 0. The fraction of sp³-hybridized carbons (Fsp3) is 0.231. The lowest BCUT2D eigenvalue weighted by molar-refractivity contribution is -0.145. The summed E-state index contributed by atoms with van der Waals surface area (Å²) in [4.78, 5) is 41.8. The summed E-state index contributed by atoms with van der Waals surface area (Å²) in [5.74, 6) is -3.25. The summed E-state index contributed by atoms with van der Waals surface area (Å²) >= 11 is 0. The number of halogens is 2. The van der Waals surface area contributed by atoms with Crippen molar-refractivity contribution in [2.45, 2.75) is 26.7 Å². The topological polar surface area (TPSA) is 85.8 Å². The van der Waals surface area contributed by atoms with Crippen LogP contribution in [0, 0.1) is 11.6 Å². The van der Waals surface area contributed by atoms with E-state index in [9.17, 15) is 23.2 Å². The molecule has 0 aliphatic rings. The van der Waals surface area contributed by atoms with Crippen LogP contribution in [0.2, 0.25) is 0 Å². The molecule has 0 radical (unpaired) electrons. The minimum atomic E-state index is -0.756. The van der Waals surface area contributed by atoms with Gasteiger partial charge in [-0.05, 0) is 73.9 Å². The number of hydrogen-bond acceptors (Lipinski definition) is 6. The van der Waals surface area contributed by atoms with Crippen molar-refractivity contribution in [3.63, 3.8) is 0 Å². The van der Waals surface area contributed by atoms with Crippen LogP contribution in [0.25, 0.3) is 0 Å². The Bertz CT molecular complexity index is 1200. The Morgan fingerprint density at radius 2 is 1.57 bits per heavy atom. The van der Waals surface area contributed by atoms with Crippen LogP contribution in [0.15, 0.2) is 60.8 Å². The largest absolute Gasteiger partial charge is 0.466 e. The molecule has 9 heteroatoms. The van der Waals surface area contributed by atoms with Crippen LogP contribution in [0.3, 0.4) is 0 Å². The molecule has 0 atom stereocenters. The molecule has 182 valence electrons. The minimum absolute atomic E-state index is 0.0928. The van der Waals surface area contributed by atoms with Crippen molar-refractivity contribution < 1.29 is 32.6 Å². The zero-order valence-corrected chi connectivity index (χ0v) is 19.3. The Labute approximate surface area is 201 Å². The molecule has 1 heterocycles. The van der Waals surface area contributed by atoms with E-state index in [4.69, 9.17) is 9.47 Å². The van der Waals surface area contributed by atoms with Crippen molar-refractivity contribution in [3.8, 4) is 0 Å². The third-order valence-electron chi connectivity index (χ3n) is 4.90. The Kier molecular flexibility index (Phi) is 8.61. The maximum atomic E-state index is 14.9. The predicted molar refractivity (Wildman–Crippen MR) is 124 cm³/mol. The molecule has 3 aromatic rings. The first-order valence-electron chi connectivity index (χ1n) is 11.0. The van der Waals surface area contributed by atoms with E-state index in [0.29, 0.717) is 12.0 Å². The van der Waals surface area contributed by atoms with Gasteiger partial charge in [0.25, 0.3) is 0 Å². The quantitative estimate of drug-likeness (QED) is 0.323. The lowest BCUT2D eigenvalue weighted by Gasteiger charge is -2.24. The molecule has 0 aliphatic heterocycles. The first-order valence-corrected chi connectivity index (χ1v) is 11.0. The van der Waals surface area contributed by atoms with Crippen LogP contribution in [-0.4, -0.2) is 36.0 Å². The Morgan fingerprint density at radius 1 is 0.886 bits per heavy atom. The fourth-order valence-corrected chi connectivity index (χ4v) is 3.35. The molecular formula is C26H24F2N2O5. The maximum Gasteiger partial charge on any atom is 0.356 e. The second kappa shape index (κ2) is 11.8. The molecular weight excluding hydrogens is 458 g/mol. The van der Waals surface area contributed by atoms with Gasteiger partial charge in [0.2, 0.25) is 5.91 Å². The number of hydrogen-bond donors (Lipinski definition) is 0. The highest BCUT2D eigenvalue weighted by Crippen LogP contribution is 2.31. The number of aromatic nitrogens is 1. The van der Waals surface area contributed by atoms with Crippen molar-refractivity contribution in [1.29, 1.82) is 0 Å². The number of ether oxygens (including phenoxy) is 2. The molecule has 0 spiro atoms.